The van der Waals surface area contributed by atoms with Crippen molar-refractivity contribution in [2.24, 2.45) is 5.92 Å². The highest BCUT2D eigenvalue weighted by atomic mass is 16.5. The molecule has 0 radical (unpaired) electrons. The van der Waals surface area contributed by atoms with Gasteiger partial charge >= 0.3 is 0 Å². The quantitative estimate of drug-likeness (QED) is 0.756. The molecular weight excluding hydrogens is 258 g/mol. The van der Waals surface area contributed by atoms with Crippen molar-refractivity contribution in [1.82, 2.24) is 5.32 Å². The largest absolute Gasteiger partial charge is 0.497 e. The Morgan fingerprint density at radius 2 is 1.81 bits per heavy atom. The van der Waals surface area contributed by atoms with Gasteiger partial charge in [0, 0.05) is 6.04 Å². The van der Waals surface area contributed by atoms with Crippen LogP contribution in [0.5, 0.6) is 5.75 Å². The molecule has 0 saturated heterocycles. The third-order valence-corrected chi connectivity index (χ3v) is 5.00. The Bertz CT molecular complexity index is 381. The van der Waals surface area contributed by atoms with Crippen LogP contribution in [0.2, 0.25) is 0 Å². The third-order valence-electron chi connectivity index (χ3n) is 5.00. The van der Waals surface area contributed by atoms with Crippen LogP contribution in [-0.2, 0) is 6.42 Å². The van der Waals surface area contributed by atoms with Crippen LogP contribution < -0.4 is 10.1 Å². The lowest BCUT2D eigenvalue weighted by Crippen LogP contribution is -2.26. The van der Waals surface area contributed by atoms with Gasteiger partial charge in [-0.1, -0.05) is 44.2 Å². The van der Waals surface area contributed by atoms with E-state index in [0.29, 0.717) is 6.04 Å². The lowest BCUT2D eigenvalue weighted by Gasteiger charge is -2.24. The fourth-order valence-electron chi connectivity index (χ4n) is 3.48. The van der Waals surface area contributed by atoms with Gasteiger partial charge in [-0.25, -0.2) is 0 Å². The Morgan fingerprint density at radius 1 is 1.10 bits per heavy atom. The number of benzene rings is 1. The van der Waals surface area contributed by atoms with Gasteiger partial charge in [0.05, 0.1) is 7.11 Å². The van der Waals surface area contributed by atoms with Gasteiger partial charge in [0.25, 0.3) is 0 Å². The molecule has 2 rings (SSSR count). The van der Waals surface area contributed by atoms with Gasteiger partial charge < -0.3 is 10.1 Å². The number of ether oxygens (including phenoxy) is 1. The first-order valence-electron chi connectivity index (χ1n) is 8.62. The van der Waals surface area contributed by atoms with E-state index in [1.54, 1.807) is 7.11 Å². The molecule has 1 aromatic carbocycles. The maximum absolute atomic E-state index is 5.21. The molecule has 1 fully saturated rings. The second-order valence-electron chi connectivity index (χ2n) is 6.45. The number of aryl methyl sites for hydroxylation is 1. The summed E-state index contributed by atoms with van der Waals surface area (Å²) in [4.78, 5) is 0. The Labute approximate surface area is 130 Å². The van der Waals surface area contributed by atoms with Crippen LogP contribution in [0.15, 0.2) is 24.3 Å². The minimum Gasteiger partial charge on any atom is -0.497 e. The molecule has 1 aromatic rings. The van der Waals surface area contributed by atoms with Crippen molar-refractivity contribution in [2.75, 3.05) is 14.2 Å². The van der Waals surface area contributed by atoms with Crippen molar-refractivity contribution in [3.05, 3.63) is 29.8 Å². The van der Waals surface area contributed by atoms with Crippen molar-refractivity contribution in [1.29, 1.82) is 0 Å². The van der Waals surface area contributed by atoms with Crippen LogP contribution in [-0.4, -0.2) is 20.2 Å². The van der Waals surface area contributed by atoms with Crippen LogP contribution in [0.4, 0.5) is 0 Å². The first-order chi connectivity index (χ1) is 10.3. The fourth-order valence-corrected chi connectivity index (χ4v) is 3.48. The van der Waals surface area contributed by atoms with Crippen molar-refractivity contribution < 1.29 is 4.74 Å². The maximum atomic E-state index is 5.21. The molecule has 2 nitrogen and oxygen atoms in total. The Kier molecular flexibility index (Phi) is 7.08. The van der Waals surface area contributed by atoms with Gasteiger partial charge in [0.1, 0.15) is 5.75 Å². The lowest BCUT2D eigenvalue weighted by molar-refractivity contribution is 0.312. The molecule has 1 atom stereocenters. The van der Waals surface area contributed by atoms with Crippen molar-refractivity contribution >= 4 is 0 Å². The maximum Gasteiger partial charge on any atom is 0.118 e. The van der Waals surface area contributed by atoms with Crippen LogP contribution in [0, 0.1) is 5.92 Å². The zero-order chi connectivity index (χ0) is 14.9. The average Bonchev–Trinajstić information content (AvgIpc) is 2.56. The predicted molar refractivity (Wildman–Crippen MR) is 90.0 cm³/mol. The Morgan fingerprint density at radius 3 is 2.43 bits per heavy atom. The van der Waals surface area contributed by atoms with Crippen LogP contribution in [0.25, 0.3) is 0 Å². The zero-order valence-electron chi connectivity index (χ0n) is 13.7. The summed E-state index contributed by atoms with van der Waals surface area (Å²) in [6.45, 7) is 0. The van der Waals surface area contributed by atoms with Gasteiger partial charge in [-0.05, 0) is 56.3 Å². The summed E-state index contributed by atoms with van der Waals surface area (Å²) in [6, 6.07) is 9.16. The fraction of sp³-hybridized carbons (Fsp3) is 0.684. The van der Waals surface area contributed by atoms with E-state index in [-0.39, 0.29) is 0 Å². The molecule has 1 aliphatic rings. The zero-order valence-corrected chi connectivity index (χ0v) is 13.7. The van der Waals surface area contributed by atoms with Gasteiger partial charge in [0.15, 0.2) is 0 Å². The standard InChI is InChI=1S/C19H31NO/c1-20-18(12-8-16-6-4-3-5-7-16)13-9-17-10-14-19(21-2)15-11-17/h10-11,14-16,18,20H,3-9,12-13H2,1-2H3. The number of hydrogen-bond acceptors (Lipinski definition) is 2. The summed E-state index contributed by atoms with van der Waals surface area (Å²) in [7, 11) is 3.83. The molecule has 1 N–H and O–H groups in total. The minimum atomic E-state index is 0.661. The summed E-state index contributed by atoms with van der Waals surface area (Å²) in [5.41, 5.74) is 1.41. The highest BCUT2D eigenvalue weighted by Gasteiger charge is 2.15. The van der Waals surface area contributed by atoms with Crippen LogP contribution >= 0.6 is 0 Å². The van der Waals surface area contributed by atoms with Crippen molar-refractivity contribution in [2.45, 2.75) is 63.8 Å². The topological polar surface area (TPSA) is 21.3 Å². The molecule has 2 heteroatoms. The molecular formula is C19H31NO. The van der Waals surface area contributed by atoms with E-state index in [1.807, 2.05) is 0 Å². The highest BCUT2D eigenvalue weighted by Crippen LogP contribution is 2.28. The molecule has 1 saturated carbocycles. The smallest absolute Gasteiger partial charge is 0.118 e. The van der Waals surface area contributed by atoms with E-state index in [1.165, 1.54) is 56.9 Å². The number of methoxy groups -OCH3 is 1. The van der Waals surface area contributed by atoms with E-state index in [2.05, 4.69) is 36.6 Å². The first kappa shape index (κ1) is 16.4. The minimum absolute atomic E-state index is 0.661. The Hall–Kier alpha value is -1.02. The second kappa shape index (κ2) is 9.09. The van der Waals surface area contributed by atoms with Crippen molar-refractivity contribution in [3.8, 4) is 5.75 Å². The van der Waals surface area contributed by atoms with E-state index < -0.39 is 0 Å². The molecule has 118 valence electrons. The summed E-state index contributed by atoms with van der Waals surface area (Å²) in [6.07, 6.45) is 12.4. The monoisotopic (exact) mass is 289 g/mol. The SMILES string of the molecule is CNC(CCc1ccc(OC)cc1)CCC1CCCCC1. The molecule has 21 heavy (non-hydrogen) atoms. The van der Waals surface area contributed by atoms with E-state index in [0.717, 1.165) is 18.1 Å². The number of rotatable bonds is 8. The van der Waals surface area contributed by atoms with Crippen LogP contribution in [0.1, 0.15) is 56.9 Å². The number of hydrogen-bond donors (Lipinski definition) is 1. The molecule has 0 aliphatic heterocycles. The van der Waals surface area contributed by atoms with E-state index in [9.17, 15) is 0 Å². The van der Waals surface area contributed by atoms with Gasteiger partial charge in [-0.2, -0.15) is 0 Å². The summed E-state index contributed by atoms with van der Waals surface area (Å²) in [5.74, 6) is 1.94. The number of nitrogens with one attached hydrogen (secondary N) is 1. The van der Waals surface area contributed by atoms with Crippen LogP contribution in [0.3, 0.4) is 0 Å². The summed E-state index contributed by atoms with van der Waals surface area (Å²) in [5, 5.41) is 3.51. The molecule has 0 spiro atoms. The van der Waals surface area contributed by atoms with E-state index >= 15 is 0 Å². The van der Waals surface area contributed by atoms with Gasteiger partial charge in [0.2, 0.25) is 0 Å². The molecule has 1 aliphatic carbocycles. The third kappa shape index (κ3) is 5.70. The summed E-state index contributed by atoms with van der Waals surface area (Å²) >= 11 is 0. The normalized spacial score (nSPS) is 17.6. The Balaban J connectivity index is 1.70. The van der Waals surface area contributed by atoms with E-state index in [4.69, 9.17) is 4.74 Å². The predicted octanol–water partition coefficient (Wildman–Crippen LogP) is 4.58. The lowest BCUT2D eigenvalue weighted by atomic mass is 9.84. The molecule has 0 bridgehead atoms. The van der Waals surface area contributed by atoms with Crippen molar-refractivity contribution in [3.63, 3.8) is 0 Å². The molecule has 1 unspecified atom stereocenters. The first-order valence-corrected chi connectivity index (χ1v) is 8.62. The molecule has 0 heterocycles. The average molecular weight is 289 g/mol. The molecule has 0 aromatic heterocycles. The van der Waals surface area contributed by atoms with Gasteiger partial charge in [-0.3, -0.25) is 0 Å². The van der Waals surface area contributed by atoms with Gasteiger partial charge in [-0.15, -0.1) is 0 Å². The molecule has 0 amide bonds. The second-order valence-corrected chi connectivity index (χ2v) is 6.45. The highest BCUT2D eigenvalue weighted by molar-refractivity contribution is 5.27. The summed E-state index contributed by atoms with van der Waals surface area (Å²) < 4.78 is 5.21.